The van der Waals surface area contributed by atoms with Gasteiger partial charge in [-0.1, -0.05) is 6.92 Å². The van der Waals surface area contributed by atoms with Gasteiger partial charge in [-0.3, -0.25) is 0 Å². The molecule has 2 rings (SSSR count). The molecule has 2 N–H and O–H groups in total. The van der Waals surface area contributed by atoms with Gasteiger partial charge in [0, 0.05) is 13.1 Å². The lowest BCUT2D eigenvalue weighted by atomic mass is 9.88. The second-order valence-electron chi connectivity index (χ2n) is 4.82. The summed E-state index contributed by atoms with van der Waals surface area (Å²) in [6, 6.07) is 0. The smallest absolute Gasteiger partial charge is 0.254 e. The molecule has 2 unspecified atom stereocenters. The van der Waals surface area contributed by atoms with E-state index in [2.05, 4.69) is 11.9 Å². The Morgan fingerprint density at radius 3 is 2.89 bits per heavy atom. The Morgan fingerprint density at radius 1 is 1.61 bits per heavy atom. The third-order valence-corrected chi connectivity index (χ3v) is 6.79. The topological polar surface area (TPSA) is 76.3 Å². The van der Waals surface area contributed by atoms with Crippen LogP contribution in [0.25, 0.3) is 0 Å². The van der Waals surface area contributed by atoms with Gasteiger partial charge in [0.2, 0.25) is 0 Å². The molecule has 1 aromatic rings. The van der Waals surface area contributed by atoms with Crippen LogP contribution in [-0.2, 0) is 10.0 Å². The molecule has 0 amide bonds. The lowest BCUT2D eigenvalue weighted by Crippen LogP contribution is -2.45. The second-order valence-corrected chi connectivity index (χ2v) is 8.22. The maximum atomic E-state index is 12.4. The molecule has 0 saturated carbocycles. The molecule has 2 heterocycles. The molecule has 1 aromatic heterocycles. The first-order valence-corrected chi connectivity index (χ1v) is 8.33. The van der Waals surface area contributed by atoms with Crippen LogP contribution in [0.3, 0.4) is 0 Å². The summed E-state index contributed by atoms with van der Waals surface area (Å²) < 4.78 is 26.7. The van der Waals surface area contributed by atoms with E-state index in [1.54, 1.807) is 4.31 Å². The lowest BCUT2D eigenvalue weighted by Gasteiger charge is -2.35. The summed E-state index contributed by atoms with van der Waals surface area (Å²) in [6.45, 7) is 5.59. The van der Waals surface area contributed by atoms with E-state index in [9.17, 15) is 8.42 Å². The number of hydrogen-bond donors (Lipinski definition) is 1. The van der Waals surface area contributed by atoms with Crippen molar-refractivity contribution in [3.63, 3.8) is 0 Å². The van der Waals surface area contributed by atoms with Gasteiger partial charge in [-0.05, 0) is 31.7 Å². The molecular formula is C11H19N3O2S2. The fourth-order valence-electron chi connectivity index (χ4n) is 2.23. The number of piperidine rings is 1. The van der Waals surface area contributed by atoms with Gasteiger partial charge in [0.05, 0.1) is 11.2 Å². The van der Waals surface area contributed by atoms with E-state index >= 15 is 0 Å². The Kier molecular flexibility index (Phi) is 4.05. The monoisotopic (exact) mass is 289 g/mol. The minimum Gasteiger partial charge on any atom is -0.330 e. The van der Waals surface area contributed by atoms with Crippen LogP contribution in [-0.4, -0.2) is 37.3 Å². The zero-order chi connectivity index (χ0) is 13.3. The number of hydrogen-bond acceptors (Lipinski definition) is 5. The summed E-state index contributed by atoms with van der Waals surface area (Å²) in [6.07, 6.45) is 2.32. The molecule has 0 spiro atoms. The Bertz CT molecular complexity index is 512. The molecule has 1 saturated heterocycles. The first kappa shape index (κ1) is 13.9. The highest BCUT2D eigenvalue weighted by atomic mass is 32.2. The summed E-state index contributed by atoms with van der Waals surface area (Å²) in [4.78, 5) is 4.02. The number of nitrogens with two attached hydrogens (primary N) is 1. The SMILES string of the molecule is Cc1ncc(S(=O)(=O)N2CCC(C)C(CN)C2)s1. The molecule has 0 bridgehead atoms. The predicted molar refractivity (Wildman–Crippen MR) is 71.9 cm³/mol. The highest BCUT2D eigenvalue weighted by Crippen LogP contribution is 2.29. The van der Waals surface area contributed by atoms with Crippen LogP contribution in [0.4, 0.5) is 0 Å². The zero-order valence-corrected chi connectivity index (χ0v) is 12.3. The van der Waals surface area contributed by atoms with Gasteiger partial charge >= 0.3 is 0 Å². The standard InChI is InChI=1S/C11H19N3O2S2/c1-8-3-4-14(7-10(8)5-12)18(15,16)11-6-13-9(2)17-11/h6,8,10H,3-5,7,12H2,1-2H3. The number of aromatic nitrogens is 1. The summed E-state index contributed by atoms with van der Waals surface area (Å²) in [7, 11) is -3.37. The number of rotatable bonds is 3. The van der Waals surface area contributed by atoms with E-state index in [-0.39, 0.29) is 5.92 Å². The number of nitrogens with zero attached hydrogens (tertiary/aromatic N) is 2. The molecule has 1 aliphatic rings. The molecule has 2 atom stereocenters. The van der Waals surface area contributed by atoms with E-state index in [4.69, 9.17) is 5.73 Å². The molecule has 102 valence electrons. The quantitative estimate of drug-likeness (QED) is 0.902. The molecule has 18 heavy (non-hydrogen) atoms. The van der Waals surface area contributed by atoms with E-state index in [1.807, 2.05) is 6.92 Å². The third kappa shape index (κ3) is 2.59. The van der Waals surface area contributed by atoms with Crippen LogP contribution >= 0.6 is 11.3 Å². The third-order valence-electron chi connectivity index (χ3n) is 3.57. The molecule has 0 radical (unpaired) electrons. The van der Waals surface area contributed by atoms with Gasteiger partial charge in [-0.2, -0.15) is 4.31 Å². The highest BCUT2D eigenvalue weighted by molar-refractivity contribution is 7.91. The molecule has 7 heteroatoms. The maximum absolute atomic E-state index is 12.4. The van der Waals surface area contributed by atoms with Gasteiger partial charge < -0.3 is 5.73 Å². The first-order chi connectivity index (χ1) is 8.45. The van der Waals surface area contributed by atoms with Crippen molar-refractivity contribution in [1.82, 2.24) is 9.29 Å². The summed E-state index contributed by atoms with van der Waals surface area (Å²) in [5.41, 5.74) is 5.71. The van der Waals surface area contributed by atoms with Gasteiger partial charge in [0.25, 0.3) is 10.0 Å². The summed E-state index contributed by atoms with van der Waals surface area (Å²) in [5.74, 6) is 0.743. The van der Waals surface area contributed by atoms with Crippen LogP contribution in [0.1, 0.15) is 18.4 Å². The van der Waals surface area contributed by atoms with Crippen molar-refractivity contribution in [2.75, 3.05) is 19.6 Å². The largest absolute Gasteiger partial charge is 0.330 e. The molecular weight excluding hydrogens is 270 g/mol. The van der Waals surface area contributed by atoms with Crippen molar-refractivity contribution >= 4 is 21.4 Å². The Morgan fingerprint density at radius 2 is 2.33 bits per heavy atom. The van der Waals surface area contributed by atoms with Crippen LogP contribution in [0, 0.1) is 18.8 Å². The van der Waals surface area contributed by atoms with Gasteiger partial charge in [-0.25, -0.2) is 13.4 Å². The number of sulfonamides is 1. The van der Waals surface area contributed by atoms with E-state index in [0.29, 0.717) is 29.8 Å². The van der Waals surface area contributed by atoms with Crippen LogP contribution in [0.15, 0.2) is 10.4 Å². The van der Waals surface area contributed by atoms with Crippen molar-refractivity contribution < 1.29 is 8.42 Å². The normalized spacial score (nSPS) is 26.4. The maximum Gasteiger partial charge on any atom is 0.254 e. The van der Waals surface area contributed by atoms with Crippen molar-refractivity contribution in [2.24, 2.45) is 17.6 Å². The van der Waals surface area contributed by atoms with Crippen molar-refractivity contribution in [3.05, 3.63) is 11.2 Å². The zero-order valence-electron chi connectivity index (χ0n) is 10.7. The van der Waals surface area contributed by atoms with E-state index in [1.165, 1.54) is 17.5 Å². The molecule has 0 aliphatic carbocycles. The minimum absolute atomic E-state index is 0.252. The lowest BCUT2D eigenvalue weighted by molar-refractivity contribution is 0.203. The molecule has 1 aliphatic heterocycles. The second kappa shape index (κ2) is 5.24. The van der Waals surface area contributed by atoms with E-state index in [0.717, 1.165) is 11.4 Å². The fourth-order valence-corrected chi connectivity index (χ4v) is 5.00. The molecule has 5 nitrogen and oxygen atoms in total. The van der Waals surface area contributed by atoms with Crippen molar-refractivity contribution in [3.8, 4) is 0 Å². The highest BCUT2D eigenvalue weighted by Gasteiger charge is 2.33. The Labute approximate surface area is 112 Å². The number of thiazole rings is 1. The molecule has 0 aromatic carbocycles. The average Bonchev–Trinajstić information content (AvgIpc) is 2.77. The van der Waals surface area contributed by atoms with Gasteiger partial charge in [0.1, 0.15) is 0 Å². The Hall–Kier alpha value is -0.500. The fraction of sp³-hybridized carbons (Fsp3) is 0.727. The Balaban J connectivity index is 2.21. The van der Waals surface area contributed by atoms with Crippen molar-refractivity contribution in [1.29, 1.82) is 0 Å². The average molecular weight is 289 g/mol. The van der Waals surface area contributed by atoms with Crippen molar-refractivity contribution in [2.45, 2.75) is 24.5 Å². The first-order valence-electron chi connectivity index (χ1n) is 6.07. The summed E-state index contributed by atoms with van der Waals surface area (Å²) >= 11 is 1.23. The predicted octanol–water partition coefficient (Wildman–Crippen LogP) is 1.06. The van der Waals surface area contributed by atoms with Gasteiger partial charge in [-0.15, -0.1) is 11.3 Å². The van der Waals surface area contributed by atoms with Gasteiger partial charge in [0.15, 0.2) is 4.21 Å². The number of aryl methyl sites for hydroxylation is 1. The molecule has 1 fully saturated rings. The van der Waals surface area contributed by atoms with E-state index < -0.39 is 10.0 Å². The van der Waals surface area contributed by atoms with Crippen LogP contribution in [0.5, 0.6) is 0 Å². The minimum atomic E-state index is -3.37. The van der Waals surface area contributed by atoms with Crippen LogP contribution < -0.4 is 5.73 Å². The summed E-state index contributed by atoms with van der Waals surface area (Å²) in [5, 5.41) is 0.773. The van der Waals surface area contributed by atoms with Crippen LogP contribution in [0.2, 0.25) is 0 Å².